The Morgan fingerprint density at radius 3 is 2.82 bits per heavy atom. The number of hydrogen-bond acceptors (Lipinski definition) is 3. The van der Waals surface area contributed by atoms with Crippen molar-refractivity contribution in [3.63, 3.8) is 0 Å². The number of aliphatic hydroxyl groups excluding tert-OH is 1. The maximum atomic E-state index is 8.99. The van der Waals surface area contributed by atoms with Gasteiger partial charge in [-0.3, -0.25) is 0 Å². The highest BCUT2D eigenvalue weighted by atomic mass is 35.5. The third-order valence-electron chi connectivity index (χ3n) is 2.54. The smallest absolute Gasteiger partial charge is 0.144 e. The minimum atomic E-state index is -0.0815. The standard InChI is InChI=1S/C12H13ClN2O2/c1-8-3-11(12(17-2)4-10(8)13)15-5-9(6-16)14-7-15/h3-5,7,16H,6H2,1-2H3. The van der Waals surface area contributed by atoms with E-state index >= 15 is 0 Å². The second kappa shape index (κ2) is 4.77. The van der Waals surface area contributed by atoms with Crippen LogP contribution in [0.3, 0.4) is 0 Å². The van der Waals surface area contributed by atoms with Gasteiger partial charge in [-0.2, -0.15) is 0 Å². The van der Waals surface area contributed by atoms with E-state index in [1.807, 2.05) is 13.0 Å². The molecule has 0 fully saturated rings. The molecular formula is C12H13ClN2O2. The Kier molecular flexibility index (Phi) is 3.36. The Labute approximate surface area is 104 Å². The molecule has 0 aliphatic rings. The first-order valence-corrected chi connectivity index (χ1v) is 5.51. The van der Waals surface area contributed by atoms with E-state index in [0.29, 0.717) is 16.5 Å². The summed E-state index contributed by atoms with van der Waals surface area (Å²) < 4.78 is 7.08. The summed E-state index contributed by atoms with van der Waals surface area (Å²) in [6, 6.07) is 3.69. The predicted molar refractivity (Wildman–Crippen MR) is 65.8 cm³/mol. The van der Waals surface area contributed by atoms with Crippen LogP contribution in [-0.2, 0) is 6.61 Å². The van der Waals surface area contributed by atoms with Crippen LogP contribution in [0.4, 0.5) is 0 Å². The monoisotopic (exact) mass is 252 g/mol. The van der Waals surface area contributed by atoms with Gasteiger partial charge >= 0.3 is 0 Å². The summed E-state index contributed by atoms with van der Waals surface area (Å²) in [6.07, 6.45) is 3.39. The predicted octanol–water partition coefficient (Wildman–Crippen LogP) is 2.34. The molecule has 17 heavy (non-hydrogen) atoms. The van der Waals surface area contributed by atoms with Gasteiger partial charge < -0.3 is 14.4 Å². The summed E-state index contributed by atoms with van der Waals surface area (Å²) in [7, 11) is 1.59. The third-order valence-corrected chi connectivity index (χ3v) is 2.94. The first kappa shape index (κ1) is 12.0. The van der Waals surface area contributed by atoms with Crippen LogP contribution < -0.4 is 4.74 Å². The minimum absolute atomic E-state index is 0.0815. The van der Waals surface area contributed by atoms with Gasteiger partial charge in [0.25, 0.3) is 0 Å². The molecule has 0 aliphatic carbocycles. The average molecular weight is 253 g/mol. The Balaban J connectivity index is 2.53. The van der Waals surface area contributed by atoms with Gasteiger partial charge in [-0.15, -0.1) is 0 Å². The third kappa shape index (κ3) is 2.28. The van der Waals surface area contributed by atoms with Gasteiger partial charge in [0, 0.05) is 17.3 Å². The van der Waals surface area contributed by atoms with Gasteiger partial charge in [-0.25, -0.2) is 4.98 Å². The van der Waals surface area contributed by atoms with E-state index < -0.39 is 0 Å². The number of aryl methyl sites for hydroxylation is 1. The topological polar surface area (TPSA) is 47.3 Å². The molecule has 0 unspecified atom stereocenters. The van der Waals surface area contributed by atoms with E-state index in [1.54, 1.807) is 30.3 Å². The number of benzene rings is 1. The van der Waals surface area contributed by atoms with E-state index in [0.717, 1.165) is 11.3 Å². The number of imidazole rings is 1. The van der Waals surface area contributed by atoms with Gasteiger partial charge in [0.15, 0.2) is 0 Å². The van der Waals surface area contributed by atoms with Crippen molar-refractivity contribution in [1.82, 2.24) is 9.55 Å². The molecule has 2 aromatic rings. The van der Waals surface area contributed by atoms with E-state index in [2.05, 4.69) is 4.98 Å². The normalized spacial score (nSPS) is 10.6. The van der Waals surface area contributed by atoms with Crippen LogP contribution in [0, 0.1) is 6.92 Å². The maximum Gasteiger partial charge on any atom is 0.144 e. The maximum absolute atomic E-state index is 8.99. The number of halogens is 1. The Bertz CT molecular complexity index is 537. The molecule has 0 aliphatic heterocycles. The molecule has 0 amide bonds. The molecule has 0 bridgehead atoms. The zero-order valence-corrected chi connectivity index (χ0v) is 10.4. The van der Waals surface area contributed by atoms with Crippen molar-refractivity contribution in [2.45, 2.75) is 13.5 Å². The zero-order chi connectivity index (χ0) is 12.4. The van der Waals surface area contributed by atoms with Crippen LogP contribution >= 0.6 is 11.6 Å². The molecule has 2 rings (SSSR count). The van der Waals surface area contributed by atoms with Crippen molar-refractivity contribution in [2.75, 3.05) is 7.11 Å². The van der Waals surface area contributed by atoms with Crippen LogP contribution in [0.15, 0.2) is 24.7 Å². The summed E-state index contributed by atoms with van der Waals surface area (Å²) in [4.78, 5) is 4.06. The molecule has 1 N–H and O–H groups in total. The van der Waals surface area contributed by atoms with Crippen molar-refractivity contribution < 1.29 is 9.84 Å². The van der Waals surface area contributed by atoms with Crippen LogP contribution in [0.5, 0.6) is 5.75 Å². The fourth-order valence-corrected chi connectivity index (χ4v) is 1.74. The molecular weight excluding hydrogens is 240 g/mol. The fourth-order valence-electron chi connectivity index (χ4n) is 1.59. The lowest BCUT2D eigenvalue weighted by molar-refractivity contribution is 0.277. The SMILES string of the molecule is COc1cc(Cl)c(C)cc1-n1cnc(CO)c1. The largest absolute Gasteiger partial charge is 0.495 e. The van der Waals surface area contributed by atoms with Gasteiger partial charge in [-0.1, -0.05) is 11.6 Å². The highest BCUT2D eigenvalue weighted by Gasteiger charge is 2.09. The number of nitrogens with zero attached hydrogens (tertiary/aromatic N) is 2. The van der Waals surface area contributed by atoms with Crippen LogP contribution in [0.25, 0.3) is 5.69 Å². The quantitative estimate of drug-likeness (QED) is 0.912. The number of methoxy groups -OCH3 is 1. The Morgan fingerprint density at radius 1 is 1.47 bits per heavy atom. The molecule has 1 aromatic heterocycles. The Morgan fingerprint density at radius 2 is 2.24 bits per heavy atom. The van der Waals surface area contributed by atoms with Crippen LogP contribution in [-0.4, -0.2) is 21.8 Å². The van der Waals surface area contributed by atoms with Gasteiger partial charge in [-0.05, 0) is 18.6 Å². The first-order chi connectivity index (χ1) is 8.15. The van der Waals surface area contributed by atoms with E-state index in [4.69, 9.17) is 21.4 Å². The van der Waals surface area contributed by atoms with Crippen molar-refractivity contribution >= 4 is 11.6 Å². The van der Waals surface area contributed by atoms with E-state index in [9.17, 15) is 0 Å². The number of aromatic nitrogens is 2. The lowest BCUT2D eigenvalue weighted by Gasteiger charge is -2.11. The highest BCUT2D eigenvalue weighted by Crippen LogP contribution is 2.29. The fraction of sp³-hybridized carbons (Fsp3) is 0.250. The molecule has 0 spiro atoms. The Hall–Kier alpha value is -1.52. The lowest BCUT2D eigenvalue weighted by Crippen LogP contribution is -1.97. The number of rotatable bonds is 3. The molecule has 1 aromatic carbocycles. The molecule has 0 atom stereocenters. The second-order valence-electron chi connectivity index (χ2n) is 3.70. The summed E-state index contributed by atoms with van der Waals surface area (Å²) in [5.74, 6) is 0.669. The second-order valence-corrected chi connectivity index (χ2v) is 4.11. The molecule has 5 heteroatoms. The molecule has 0 saturated carbocycles. The van der Waals surface area contributed by atoms with Crippen molar-refractivity contribution in [2.24, 2.45) is 0 Å². The van der Waals surface area contributed by atoms with Crippen LogP contribution in [0.2, 0.25) is 5.02 Å². The summed E-state index contributed by atoms with van der Waals surface area (Å²) in [5, 5.41) is 9.66. The summed E-state index contributed by atoms with van der Waals surface area (Å²) in [6.45, 7) is 1.84. The number of hydrogen-bond donors (Lipinski definition) is 1. The van der Waals surface area contributed by atoms with Crippen molar-refractivity contribution in [3.05, 3.63) is 40.9 Å². The van der Waals surface area contributed by atoms with Gasteiger partial charge in [0.2, 0.25) is 0 Å². The van der Waals surface area contributed by atoms with E-state index in [-0.39, 0.29) is 6.61 Å². The number of ether oxygens (including phenoxy) is 1. The number of aliphatic hydroxyl groups is 1. The first-order valence-electron chi connectivity index (χ1n) is 5.14. The van der Waals surface area contributed by atoms with Crippen LogP contribution in [0.1, 0.15) is 11.3 Å². The van der Waals surface area contributed by atoms with Gasteiger partial charge in [0.1, 0.15) is 5.75 Å². The molecule has 1 heterocycles. The van der Waals surface area contributed by atoms with Crippen molar-refractivity contribution in [3.8, 4) is 11.4 Å². The molecule has 0 radical (unpaired) electrons. The molecule has 4 nitrogen and oxygen atoms in total. The zero-order valence-electron chi connectivity index (χ0n) is 9.64. The highest BCUT2D eigenvalue weighted by molar-refractivity contribution is 6.31. The average Bonchev–Trinajstić information content (AvgIpc) is 2.80. The molecule has 90 valence electrons. The summed E-state index contributed by atoms with van der Waals surface area (Å²) >= 11 is 6.04. The lowest BCUT2D eigenvalue weighted by atomic mass is 10.2. The van der Waals surface area contributed by atoms with Crippen molar-refractivity contribution in [1.29, 1.82) is 0 Å². The van der Waals surface area contributed by atoms with E-state index in [1.165, 1.54) is 0 Å². The molecule has 0 saturated heterocycles. The van der Waals surface area contributed by atoms with Gasteiger partial charge in [0.05, 0.1) is 31.4 Å². The summed E-state index contributed by atoms with van der Waals surface area (Å²) in [5.41, 5.74) is 2.42. The minimum Gasteiger partial charge on any atom is -0.495 e.